The quantitative estimate of drug-likeness (QED) is 0.793. The van der Waals surface area contributed by atoms with Crippen LogP contribution >= 0.6 is 0 Å². The fourth-order valence-corrected chi connectivity index (χ4v) is 1.99. The van der Waals surface area contributed by atoms with E-state index in [9.17, 15) is 13.2 Å². The Morgan fingerprint density at radius 3 is 2.32 bits per heavy atom. The van der Waals surface area contributed by atoms with Crippen molar-refractivity contribution in [2.75, 3.05) is 0 Å². The Balaban J connectivity index is 2.56. The third-order valence-corrected chi connectivity index (χ3v) is 2.95. The minimum absolute atomic E-state index is 0.176. The molecule has 2 nitrogen and oxygen atoms in total. The van der Waals surface area contributed by atoms with Crippen molar-refractivity contribution < 1.29 is 13.2 Å². The van der Waals surface area contributed by atoms with E-state index in [0.717, 1.165) is 11.8 Å². The normalized spacial score (nSPS) is 12.2. The molecule has 102 valence electrons. The summed E-state index contributed by atoms with van der Waals surface area (Å²) in [5.41, 5.74) is 0.902. The van der Waals surface area contributed by atoms with Crippen LogP contribution in [0.4, 0.5) is 13.2 Å². The molecule has 5 heteroatoms. The predicted molar refractivity (Wildman–Crippen MR) is 67.4 cm³/mol. The molecule has 0 atom stereocenters. The number of aromatic nitrogens is 2. The highest BCUT2D eigenvalue weighted by atomic mass is 19.4. The first-order chi connectivity index (χ1) is 8.79. The van der Waals surface area contributed by atoms with E-state index >= 15 is 0 Å². The molecule has 0 bridgehead atoms. The lowest BCUT2D eigenvalue weighted by Crippen LogP contribution is -2.11. The van der Waals surface area contributed by atoms with E-state index in [2.05, 4.69) is 5.10 Å². The van der Waals surface area contributed by atoms with Crippen molar-refractivity contribution >= 4 is 0 Å². The highest BCUT2D eigenvalue weighted by Gasteiger charge is 2.34. The summed E-state index contributed by atoms with van der Waals surface area (Å²) in [6, 6.07) is 6.10. The molecule has 0 aliphatic heterocycles. The fourth-order valence-electron chi connectivity index (χ4n) is 1.99. The summed E-state index contributed by atoms with van der Waals surface area (Å²) in [4.78, 5) is 0. The molecule has 0 aliphatic rings. The van der Waals surface area contributed by atoms with Gasteiger partial charge in [-0.2, -0.15) is 18.3 Å². The molecule has 1 aromatic heterocycles. The summed E-state index contributed by atoms with van der Waals surface area (Å²) in [6.07, 6.45) is -2.70. The third kappa shape index (κ3) is 2.80. The van der Waals surface area contributed by atoms with Gasteiger partial charge in [0.15, 0.2) is 0 Å². The SMILES string of the molecule is Cc1ccn(-c2ccc(C(C)C)c(C(F)(F)F)c2)n1. The molecule has 2 aromatic rings. The van der Waals surface area contributed by atoms with Crippen LogP contribution in [0.1, 0.15) is 36.6 Å². The van der Waals surface area contributed by atoms with Crippen molar-refractivity contribution in [1.82, 2.24) is 9.78 Å². The Labute approximate surface area is 109 Å². The highest BCUT2D eigenvalue weighted by molar-refractivity contribution is 5.43. The van der Waals surface area contributed by atoms with Gasteiger partial charge in [-0.3, -0.25) is 0 Å². The Kier molecular flexibility index (Phi) is 3.39. The molecule has 1 heterocycles. The number of alkyl halides is 3. The monoisotopic (exact) mass is 268 g/mol. The maximum Gasteiger partial charge on any atom is 0.416 e. The van der Waals surface area contributed by atoms with Gasteiger partial charge in [0.2, 0.25) is 0 Å². The predicted octanol–water partition coefficient (Wildman–Crippen LogP) is 4.32. The molecule has 0 amide bonds. The number of rotatable bonds is 2. The Morgan fingerprint density at radius 2 is 1.84 bits per heavy atom. The minimum atomic E-state index is -4.35. The lowest BCUT2D eigenvalue weighted by atomic mass is 9.96. The summed E-state index contributed by atoms with van der Waals surface area (Å²) in [6.45, 7) is 5.30. The zero-order valence-electron chi connectivity index (χ0n) is 11.0. The van der Waals surface area contributed by atoms with Crippen LogP contribution in [0.25, 0.3) is 5.69 Å². The van der Waals surface area contributed by atoms with Crippen molar-refractivity contribution in [1.29, 1.82) is 0 Å². The van der Waals surface area contributed by atoms with E-state index in [-0.39, 0.29) is 5.92 Å². The first-order valence-electron chi connectivity index (χ1n) is 6.03. The zero-order chi connectivity index (χ0) is 14.2. The second-order valence-electron chi connectivity index (χ2n) is 4.83. The van der Waals surface area contributed by atoms with Gasteiger partial charge in [0.25, 0.3) is 0 Å². The average Bonchev–Trinajstić information content (AvgIpc) is 2.74. The minimum Gasteiger partial charge on any atom is -0.241 e. The highest BCUT2D eigenvalue weighted by Crippen LogP contribution is 2.36. The summed E-state index contributed by atoms with van der Waals surface area (Å²) in [5.74, 6) is -0.176. The van der Waals surface area contributed by atoms with Gasteiger partial charge in [-0.15, -0.1) is 0 Å². The standard InChI is InChI=1S/C14H15F3N2/c1-9(2)12-5-4-11(8-13(12)14(15,16)17)19-7-6-10(3)18-19/h4-9H,1-3H3. The van der Waals surface area contributed by atoms with Crippen LogP contribution in [0.5, 0.6) is 0 Å². The van der Waals surface area contributed by atoms with Gasteiger partial charge in [-0.05, 0) is 36.6 Å². The van der Waals surface area contributed by atoms with E-state index in [0.29, 0.717) is 11.3 Å². The Bertz CT molecular complexity index is 583. The van der Waals surface area contributed by atoms with Crippen LogP contribution in [0.2, 0.25) is 0 Å². The molecule has 1 aromatic carbocycles. The third-order valence-electron chi connectivity index (χ3n) is 2.95. The van der Waals surface area contributed by atoms with E-state index in [1.54, 1.807) is 39.1 Å². The van der Waals surface area contributed by atoms with Crippen LogP contribution in [-0.4, -0.2) is 9.78 Å². The van der Waals surface area contributed by atoms with E-state index in [4.69, 9.17) is 0 Å². The van der Waals surface area contributed by atoms with Crippen molar-refractivity contribution in [3.8, 4) is 5.69 Å². The van der Waals surface area contributed by atoms with Gasteiger partial charge in [0, 0.05) is 6.20 Å². The molecule has 0 N–H and O–H groups in total. The molecular formula is C14H15F3N2. The second kappa shape index (κ2) is 4.72. The van der Waals surface area contributed by atoms with Crippen molar-refractivity contribution in [2.45, 2.75) is 32.9 Å². The van der Waals surface area contributed by atoms with E-state index in [1.807, 2.05) is 0 Å². The van der Waals surface area contributed by atoms with Crippen LogP contribution in [-0.2, 0) is 6.18 Å². The summed E-state index contributed by atoms with van der Waals surface area (Å²) < 4.78 is 40.7. The average molecular weight is 268 g/mol. The molecule has 19 heavy (non-hydrogen) atoms. The maximum atomic E-state index is 13.1. The van der Waals surface area contributed by atoms with Crippen molar-refractivity contribution in [3.05, 3.63) is 47.3 Å². The van der Waals surface area contributed by atoms with Gasteiger partial charge in [0.05, 0.1) is 16.9 Å². The molecular weight excluding hydrogens is 253 g/mol. The number of hydrogen-bond donors (Lipinski definition) is 0. The number of nitrogens with zero attached hydrogens (tertiary/aromatic N) is 2. The first kappa shape index (κ1) is 13.6. The van der Waals surface area contributed by atoms with Gasteiger partial charge in [-0.1, -0.05) is 19.9 Å². The summed E-state index contributed by atoms with van der Waals surface area (Å²) >= 11 is 0. The van der Waals surface area contributed by atoms with Gasteiger partial charge >= 0.3 is 6.18 Å². The Morgan fingerprint density at radius 1 is 1.16 bits per heavy atom. The van der Waals surface area contributed by atoms with Crippen molar-refractivity contribution in [2.24, 2.45) is 0 Å². The molecule has 0 unspecified atom stereocenters. The molecule has 0 radical (unpaired) electrons. The Hall–Kier alpha value is -1.78. The molecule has 0 aliphatic carbocycles. The smallest absolute Gasteiger partial charge is 0.241 e. The fraction of sp³-hybridized carbons (Fsp3) is 0.357. The molecule has 2 rings (SSSR count). The van der Waals surface area contributed by atoms with Gasteiger partial charge in [0.1, 0.15) is 0 Å². The molecule has 0 saturated carbocycles. The van der Waals surface area contributed by atoms with Crippen LogP contribution in [0, 0.1) is 6.92 Å². The topological polar surface area (TPSA) is 17.8 Å². The number of benzene rings is 1. The number of halogens is 3. The summed E-state index contributed by atoms with van der Waals surface area (Å²) in [5, 5.41) is 4.13. The van der Waals surface area contributed by atoms with Crippen LogP contribution < -0.4 is 0 Å². The van der Waals surface area contributed by atoms with E-state index in [1.165, 1.54) is 10.7 Å². The number of aryl methyl sites for hydroxylation is 1. The van der Waals surface area contributed by atoms with Crippen LogP contribution in [0.15, 0.2) is 30.5 Å². The van der Waals surface area contributed by atoms with E-state index < -0.39 is 11.7 Å². The zero-order valence-corrected chi connectivity index (χ0v) is 11.0. The second-order valence-corrected chi connectivity index (χ2v) is 4.83. The number of hydrogen-bond acceptors (Lipinski definition) is 1. The lowest BCUT2D eigenvalue weighted by Gasteiger charge is -2.16. The van der Waals surface area contributed by atoms with Crippen LogP contribution in [0.3, 0.4) is 0 Å². The molecule has 0 fully saturated rings. The van der Waals surface area contributed by atoms with Gasteiger partial charge in [-0.25, -0.2) is 4.68 Å². The summed E-state index contributed by atoms with van der Waals surface area (Å²) in [7, 11) is 0. The molecule has 0 saturated heterocycles. The largest absolute Gasteiger partial charge is 0.416 e. The molecule has 0 spiro atoms. The lowest BCUT2D eigenvalue weighted by molar-refractivity contribution is -0.138. The maximum absolute atomic E-state index is 13.1. The van der Waals surface area contributed by atoms with Crippen molar-refractivity contribution in [3.63, 3.8) is 0 Å². The van der Waals surface area contributed by atoms with Gasteiger partial charge < -0.3 is 0 Å². The first-order valence-corrected chi connectivity index (χ1v) is 6.03.